The van der Waals surface area contributed by atoms with Crippen LogP contribution in [0.15, 0.2) is 82.6 Å². The Balaban J connectivity index is 2.24. The van der Waals surface area contributed by atoms with Crippen molar-refractivity contribution in [3.8, 4) is 17.1 Å². The van der Waals surface area contributed by atoms with E-state index in [4.69, 9.17) is 4.74 Å². The quantitative estimate of drug-likeness (QED) is 0.735. The summed E-state index contributed by atoms with van der Waals surface area (Å²) in [5.41, 5.74) is 1.11. The number of benzene rings is 2. The molecule has 2 aromatic carbocycles. The Kier molecular flexibility index (Phi) is 4.12. The molecule has 3 rings (SSSR count). The monoisotopic (exact) mass is 325 g/mol. The lowest BCUT2D eigenvalue weighted by atomic mass is 10.1. The van der Waals surface area contributed by atoms with Crippen LogP contribution in [0.2, 0.25) is 0 Å². The number of nitrogens with zero attached hydrogens (tertiary/aromatic N) is 1. The van der Waals surface area contributed by atoms with E-state index in [1.54, 1.807) is 36.4 Å². The Morgan fingerprint density at radius 2 is 1.43 bits per heavy atom. The zero-order valence-corrected chi connectivity index (χ0v) is 13.3. The largest absolute Gasteiger partial charge is 0.481 e. The van der Waals surface area contributed by atoms with Gasteiger partial charge in [0.15, 0.2) is 0 Å². The lowest BCUT2D eigenvalue weighted by Gasteiger charge is -2.11. The highest BCUT2D eigenvalue weighted by Crippen LogP contribution is 2.31. The molecule has 0 radical (unpaired) electrons. The second-order valence-corrected chi connectivity index (χ2v) is 6.80. The van der Waals surface area contributed by atoms with Crippen molar-refractivity contribution in [2.45, 2.75) is 9.79 Å². The van der Waals surface area contributed by atoms with Crippen molar-refractivity contribution in [2.24, 2.45) is 0 Å². The van der Waals surface area contributed by atoms with Gasteiger partial charge in [0.25, 0.3) is 0 Å². The van der Waals surface area contributed by atoms with Gasteiger partial charge < -0.3 is 4.74 Å². The highest BCUT2D eigenvalue weighted by molar-refractivity contribution is 7.91. The number of hydrogen-bond acceptors (Lipinski definition) is 4. The first-order valence-corrected chi connectivity index (χ1v) is 8.52. The number of aromatic nitrogens is 1. The number of methoxy groups -OCH3 is 1. The van der Waals surface area contributed by atoms with Gasteiger partial charge in [-0.25, -0.2) is 13.4 Å². The third-order valence-electron chi connectivity index (χ3n) is 3.43. The number of pyridine rings is 1. The first-order valence-electron chi connectivity index (χ1n) is 7.03. The molecule has 4 nitrogen and oxygen atoms in total. The first kappa shape index (κ1) is 15.2. The number of sulfone groups is 1. The van der Waals surface area contributed by atoms with Gasteiger partial charge in [-0.15, -0.1) is 0 Å². The van der Waals surface area contributed by atoms with Crippen LogP contribution in [0, 0.1) is 0 Å². The summed E-state index contributed by atoms with van der Waals surface area (Å²) in [4.78, 5) is 4.75. The third kappa shape index (κ3) is 2.96. The van der Waals surface area contributed by atoms with E-state index >= 15 is 0 Å². The summed E-state index contributed by atoms with van der Waals surface area (Å²) in [5, 5.41) is 0. The van der Waals surface area contributed by atoms with Gasteiger partial charge in [-0.1, -0.05) is 48.5 Å². The molecule has 116 valence electrons. The Bertz CT molecular complexity index is 908. The SMILES string of the molecule is COc1ccc(S(=O)(=O)c2ccccc2)c(-c2ccccc2)n1. The van der Waals surface area contributed by atoms with E-state index in [0.29, 0.717) is 11.6 Å². The summed E-state index contributed by atoms with van der Waals surface area (Å²) < 4.78 is 31.0. The molecule has 0 aliphatic carbocycles. The van der Waals surface area contributed by atoms with E-state index in [1.165, 1.54) is 13.2 Å². The maximum atomic E-state index is 12.9. The zero-order valence-electron chi connectivity index (χ0n) is 12.5. The summed E-state index contributed by atoms with van der Waals surface area (Å²) in [6, 6.07) is 20.6. The molecule has 0 fully saturated rings. The summed E-state index contributed by atoms with van der Waals surface area (Å²) in [6.07, 6.45) is 0. The van der Waals surface area contributed by atoms with E-state index in [2.05, 4.69) is 4.98 Å². The Labute approximate surface area is 135 Å². The fourth-order valence-corrected chi connectivity index (χ4v) is 3.72. The molecule has 1 heterocycles. The molecule has 23 heavy (non-hydrogen) atoms. The molecule has 5 heteroatoms. The molecule has 0 atom stereocenters. The summed E-state index contributed by atoms with van der Waals surface area (Å²) in [6.45, 7) is 0. The van der Waals surface area contributed by atoms with Crippen molar-refractivity contribution in [3.05, 3.63) is 72.8 Å². The minimum atomic E-state index is -3.66. The summed E-state index contributed by atoms with van der Waals surface area (Å²) in [5.74, 6) is 0.371. The molecule has 0 bridgehead atoms. The van der Waals surface area contributed by atoms with Crippen LogP contribution in [-0.2, 0) is 9.84 Å². The van der Waals surface area contributed by atoms with Gasteiger partial charge >= 0.3 is 0 Å². The Morgan fingerprint density at radius 1 is 0.826 bits per heavy atom. The van der Waals surface area contributed by atoms with Crippen LogP contribution in [0.5, 0.6) is 5.88 Å². The van der Waals surface area contributed by atoms with Crippen molar-refractivity contribution in [1.82, 2.24) is 4.98 Å². The van der Waals surface area contributed by atoms with Gasteiger partial charge in [0.05, 0.1) is 22.6 Å². The second kappa shape index (κ2) is 6.22. The van der Waals surface area contributed by atoms with Crippen molar-refractivity contribution in [1.29, 1.82) is 0 Å². The first-order chi connectivity index (χ1) is 11.1. The standard InChI is InChI=1S/C18H15NO3S/c1-22-17-13-12-16(18(19-17)14-8-4-2-5-9-14)23(20,21)15-10-6-3-7-11-15/h2-13H,1H3. The average Bonchev–Trinajstić information content (AvgIpc) is 2.62. The molecule has 0 saturated heterocycles. The maximum absolute atomic E-state index is 12.9. The van der Waals surface area contributed by atoms with E-state index < -0.39 is 9.84 Å². The van der Waals surface area contributed by atoms with Crippen LogP contribution in [0.25, 0.3) is 11.3 Å². The Hall–Kier alpha value is -2.66. The predicted molar refractivity (Wildman–Crippen MR) is 88.1 cm³/mol. The molecule has 0 amide bonds. The van der Waals surface area contributed by atoms with Crippen molar-refractivity contribution >= 4 is 9.84 Å². The lowest BCUT2D eigenvalue weighted by Crippen LogP contribution is -2.06. The van der Waals surface area contributed by atoms with Gasteiger partial charge in [-0.2, -0.15) is 0 Å². The summed E-state index contributed by atoms with van der Waals surface area (Å²) >= 11 is 0. The van der Waals surface area contributed by atoms with E-state index in [-0.39, 0.29) is 9.79 Å². The number of hydrogen-bond donors (Lipinski definition) is 0. The Morgan fingerprint density at radius 3 is 2.04 bits per heavy atom. The molecular weight excluding hydrogens is 310 g/mol. The van der Waals surface area contributed by atoms with Gasteiger partial charge in [0.1, 0.15) is 0 Å². The molecule has 0 saturated carbocycles. The predicted octanol–water partition coefficient (Wildman–Crippen LogP) is 3.59. The lowest BCUT2D eigenvalue weighted by molar-refractivity contribution is 0.398. The molecule has 3 aromatic rings. The van der Waals surface area contributed by atoms with Gasteiger partial charge in [0, 0.05) is 11.6 Å². The minimum absolute atomic E-state index is 0.163. The smallest absolute Gasteiger partial charge is 0.213 e. The average molecular weight is 325 g/mol. The molecule has 0 spiro atoms. The van der Waals surface area contributed by atoms with E-state index in [9.17, 15) is 8.42 Å². The van der Waals surface area contributed by atoms with Crippen LogP contribution in [0.4, 0.5) is 0 Å². The molecule has 0 N–H and O–H groups in total. The van der Waals surface area contributed by atoms with Gasteiger partial charge in [-0.05, 0) is 18.2 Å². The highest BCUT2D eigenvalue weighted by atomic mass is 32.2. The summed E-state index contributed by atoms with van der Waals surface area (Å²) in [7, 11) is -2.16. The molecular formula is C18H15NO3S. The zero-order chi connectivity index (χ0) is 16.3. The van der Waals surface area contributed by atoms with Crippen LogP contribution >= 0.6 is 0 Å². The van der Waals surface area contributed by atoms with Crippen LogP contribution in [-0.4, -0.2) is 20.5 Å². The molecule has 0 aliphatic rings. The minimum Gasteiger partial charge on any atom is -0.481 e. The highest BCUT2D eigenvalue weighted by Gasteiger charge is 2.23. The molecule has 0 unspecified atom stereocenters. The second-order valence-electron chi connectivity index (χ2n) is 4.88. The van der Waals surface area contributed by atoms with Crippen molar-refractivity contribution in [3.63, 3.8) is 0 Å². The van der Waals surface area contributed by atoms with E-state index in [0.717, 1.165) is 5.56 Å². The van der Waals surface area contributed by atoms with Crippen molar-refractivity contribution in [2.75, 3.05) is 7.11 Å². The van der Waals surface area contributed by atoms with Gasteiger partial charge in [0.2, 0.25) is 15.7 Å². The van der Waals surface area contributed by atoms with Crippen LogP contribution < -0.4 is 4.74 Å². The fourth-order valence-electron chi connectivity index (χ4n) is 2.29. The fraction of sp³-hybridized carbons (Fsp3) is 0.0556. The number of ether oxygens (including phenoxy) is 1. The maximum Gasteiger partial charge on any atom is 0.213 e. The normalized spacial score (nSPS) is 11.2. The van der Waals surface area contributed by atoms with Gasteiger partial charge in [-0.3, -0.25) is 0 Å². The molecule has 1 aromatic heterocycles. The van der Waals surface area contributed by atoms with Crippen LogP contribution in [0.1, 0.15) is 0 Å². The van der Waals surface area contributed by atoms with Crippen LogP contribution in [0.3, 0.4) is 0 Å². The number of rotatable bonds is 4. The topological polar surface area (TPSA) is 56.3 Å². The third-order valence-corrected chi connectivity index (χ3v) is 5.23. The van der Waals surface area contributed by atoms with E-state index in [1.807, 2.05) is 30.3 Å². The molecule has 0 aliphatic heterocycles. The van der Waals surface area contributed by atoms with Crippen molar-refractivity contribution < 1.29 is 13.2 Å².